The molecule has 1 N–H and O–H groups in total. The normalized spacial score (nSPS) is 16.6. The maximum Gasteiger partial charge on any atom is 0.138 e. The molecule has 0 spiro atoms. The summed E-state index contributed by atoms with van der Waals surface area (Å²) in [6.45, 7) is 1.81. The third kappa shape index (κ3) is 6.18. The molecule has 1 fully saturated rings. The number of aromatic nitrogens is 2. The summed E-state index contributed by atoms with van der Waals surface area (Å²) in [5.74, 6) is 0.820. The molecule has 0 radical (unpaired) electrons. The van der Waals surface area contributed by atoms with Crippen LogP contribution in [0.5, 0.6) is 5.75 Å². The molecule has 1 saturated heterocycles. The SMILES string of the molecule is C(=C\c1cncc(OC[C@H]2CCCN2)c1)/c1ccncc1.Cl.Cl. The molecular weight excluding hydrogens is 333 g/mol. The molecule has 0 unspecified atom stereocenters. The Labute approximate surface area is 149 Å². The van der Waals surface area contributed by atoms with Crippen molar-refractivity contribution in [3.05, 3.63) is 54.1 Å². The zero-order valence-corrected chi connectivity index (χ0v) is 14.4. The van der Waals surface area contributed by atoms with Crippen molar-refractivity contribution < 1.29 is 4.74 Å². The van der Waals surface area contributed by atoms with Gasteiger partial charge in [-0.25, -0.2) is 0 Å². The number of rotatable bonds is 5. The summed E-state index contributed by atoms with van der Waals surface area (Å²) in [7, 11) is 0. The number of nitrogens with one attached hydrogen (secondary N) is 1. The van der Waals surface area contributed by atoms with Crippen LogP contribution < -0.4 is 10.1 Å². The first-order valence-electron chi connectivity index (χ1n) is 7.29. The van der Waals surface area contributed by atoms with Crippen LogP contribution in [-0.4, -0.2) is 29.2 Å². The van der Waals surface area contributed by atoms with Gasteiger partial charge in [-0.3, -0.25) is 9.97 Å². The van der Waals surface area contributed by atoms with E-state index in [1.807, 2.05) is 36.5 Å². The first-order chi connectivity index (χ1) is 10.4. The van der Waals surface area contributed by atoms with Crippen molar-refractivity contribution in [2.24, 2.45) is 0 Å². The minimum Gasteiger partial charge on any atom is -0.490 e. The number of halogens is 2. The van der Waals surface area contributed by atoms with E-state index < -0.39 is 0 Å². The van der Waals surface area contributed by atoms with Crippen molar-refractivity contribution in [3.8, 4) is 5.75 Å². The van der Waals surface area contributed by atoms with Crippen LogP contribution in [0.3, 0.4) is 0 Å². The largest absolute Gasteiger partial charge is 0.490 e. The van der Waals surface area contributed by atoms with Gasteiger partial charge >= 0.3 is 0 Å². The quantitative estimate of drug-likeness (QED) is 0.891. The molecule has 124 valence electrons. The number of ether oxygens (including phenoxy) is 1. The average Bonchev–Trinajstić information content (AvgIpc) is 3.06. The predicted molar refractivity (Wildman–Crippen MR) is 98.4 cm³/mol. The number of hydrogen-bond donors (Lipinski definition) is 1. The molecule has 0 aromatic carbocycles. The lowest BCUT2D eigenvalue weighted by atomic mass is 10.2. The molecule has 0 bridgehead atoms. The van der Waals surface area contributed by atoms with E-state index in [1.54, 1.807) is 18.6 Å². The Morgan fingerprint density at radius 1 is 1.09 bits per heavy atom. The fraction of sp³-hybridized carbons (Fsp3) is 0.294. The van der Waals surface area contributed by atoms with E-state index in [4.69, 9.17) is 4.74 Å². The highest BCUT2D eigenvalue weighted by molar-refractivity contribution is 5.85. The van der Waals surface area contributed by atoms with E-state index in [1.165, 1.54) is 12.8 Å². The lowest BCUT2D eigenvalue weighted by Gasteiger charge is -2.11. The third-order valence-electron chi connectivity index (χ3n) is 3.52. The molecule has 2 aromatic rings. The second-order valence-electron chi connectivity index (χ2n) is 5.17. The van der Waals surface area contributed by atoms with Crippen molar-refractivity contribution in [1.82, 2.24) is 15.3 Å². The number of nitrogens with zero attached hydrogens (tertiary/aromatic N) is 2. The van der Waals surface area contributed by atoms with Gasteiger partial charge in [-0.1, -0.05) is 12.2 Å². The van der Waals surface area contributed by atoms with Crippen LogP contribution in [0, 0.1) is 0 Å². The predicted octanol–water partition coefficient (Wildman–Crippen LogP) is 3.62. The van der Waals surface area contributed by atoms with Crippen LogP contribution in [0.4, 0.5) is 0 Å². The van der Waals surface area contributed by atoms with Crippen molar-refractivity contribution >= 4 is 37.0 Å². The van der Waals surface area contributed by atoms with E-state index in [0.29, 0.717) is 12.6 Å². The molecule has 0 aliphatic carbocycles. The van der Waals surface area contributed by atoms with Gasteiger partial charge in [0.15, 0.2) is 0 Å². The molecule has 1 aliphatic rings. The molecule has 2 aromatic heterocycles. The Hall–Kier alpha value is -1.62. The van der Waals surface area contributed by atoms with Gasteiger partial charge in [0, 0.05) is 24.6 Å². The van der Waals surface area contributed by atoms with E-state index in [0.717, 1.165) is 23.4 Å². The molecule has 3 heterocycles. The Morgan fingerprint density at radius 2 is 1.87 bits per heavy atom. The van der Waals surface area contributed by atoms with Gasteiger partial charge in [-0.15, -0.1) is 24.8 Å². The van der Waals surface area contributed by atoms with Crippen molar-refractivity contribution in [3.63, 3.8) is 0 Å². The first kappa shape index (κ1) is 19.4. The molecule has 23 heavy (non-hydrogen) atoms. The van der Waals surface area contributed by atoms with Crippen molar-refractivity contribution in [1.29, 1.82) is 0 Å². The first-order valence-corrected chi connectivity index (χ1v) is 7.29. The molecule has 6 heteroatoms. The monoisotopic (exact) mass is 353 g/mol. The summed E-state index contributed by atoms with van der Waals surface area (Å²) >= 11 is 0. The van der Waals surface area contributed by atoms with Crippen LogP contribution in [0.15, 0.2) is 43.0 Å². The topological polar surface area (TPSA) is 47.0 Å². The summed E-state index contributed by atoms with van der Waals surface area (Å²) in [4.78, 5) is 8.24. The van der Waals surface area contributed by atoms with Gasteiger partial charge in [0.1, 0.15) is 12.4 Å². The fourth-order valence-electron chi connectivity index (χ4n) is 2.37. The van der Waals surface area contributed by atoms with Crippen LogP contribution in [0.25, 0.3) is 12.2 Å². The lowest BCUT2D eigenvalue weighted by Crippen LogP contribution is -2.28. The summed E-state index contributed by atoms with van der Waals surface area (Å²) in [5.41, 5.74) is 2.15. The molecular formula is C17H21Cl2N3O. The highest BCUT2D eigenvalue weighted by Gasteiger charge is 2.14. The zero-order chi connectivity index (χ0) is 14.3. The minimum atomic E-state index is 0. The van der Waals surface area contributed by atoms with Crippen LogP contribution in [0.2, 0.25) is 0 Å². The number of hydrogen-bond acceptors (Lipinski definition) is 4. The van der Waals surface area contributed by atoms with Gasteiger partial charge in [0.25, 0.3) is 0 Å². The second-order valence-corrected chi connectivity index (χ2v) is 5.17. The van der Waals surface area contributed by atoms with Crippen molar-refractivity contribution in [2.45, 2.75) is 18.9 Å². The van der Waals surface area contributed by atoms with E-state index in [9.17, 15) is 0 Å². The smallest absolute Gasteiger partial charge is 0.138 e. The van der Waals surface area contributed by atoms with Gasteiger partial charge in [0.05, 0.1) is 6.20 Å². The van der Waals surface area contributed by atoms with E-state index in [-0.39, 0.29) is 24.8 Å². The third-order valence-corrected chi connectivity index (χ3v) is 3.52. The second kappa shape index (κ2) is 10.2. The van der Waals surface area contributed by atoms with E-state index in [2.05, 4.69) is 15.3 Å². The Balaban J connectivity index is 0.00000132. The molecule has 3 rings (SSSR count). The zero-order valence-electron chi connectivity index (χ0n) is 12.7. The standard InChI is InChI=1S/C17H19N3O.2ClH/c1-2-16(20-7-1)13-21-17-10-15(11-19-12-17)4-3-14-5-8-18-9-6-14;;/h3-6,8-12,16,20H,1-2,7,13H2;2*1H/b4-3+;;/t16-;;/m1../s1. The Kier molecular flexibility index (Phi) is 8.62. The van der Waals surface area contributed by atoms with Crippen LogP contribution in [-0.2, 0) is 0 Å². The van der Waals surface area contributed by atoms with Crippen LogP contribution >= 0.6 is 24.8 Å². The molecule has 1 atom stereocenters. The summed E-state index contributed by atoms with van der Waals surface area (Å²) in [6, 6.07) is 6.42. The average molecular weight is 354 g/mol. The van der Waals surface area contributed by atoms with Crippen molar-refractivity contribution in [2.75, 3.05) is 13.2 Å². The summed E-state index contributed by atoms with van der Waals surface area (Å²) < 4.78 is 5.81. The highest BCUT2D eigenvalue weighted by Crippen LogP contribution is 2.15. The number of pyridine rings is 2. The summed E-state index contributed by atoms with van der Waals surface area (Å²) in [5, 5.41) is 3.42. The van der Waals surface area contributed by atoms with Crippen LogP contribution in [0.1, 0.15) is 24.0 Å². The van der Waals surface area contributed by atoms with Gasteiger partial charge in [-0.05, 0) is 48.7 Å². The molecule has 4 nitrogen and oxygen atoms in total. The maximum absolute atomic E-state index is 5.81. The molecule has 1 aliphatic heterocycles. The minimum absolute atomic E-state index is 0. The Morgan fingerprint density at radius 3 is 2.61 bits per heavy atom. The maximum atomic E-state index is 5.81. The van der Waals surface area contributed by atoms with E-state index >= 15 is 0 Å². The highest BCUT2D eigenvalue weighted by atomic mass is 35.5. The fourth-order valence-corrected chi connectivity index (χ4v) is 2.37. The van der Waals surface area contributed by atoms with Gasteiger partial charge in [0.2, 0.25) is 0 Å². The Bertz CT molecular complexity index is 602. The molecule has 0 saturated carbocycles. The van der Waals surface area contributed by atoms with Gasteiger partial charge in [-0.2, -0.15) is 0 Å². The van der Waals surface area contributed by atoms with Gasteiger partial charge < -0.3 is 10.1 Å². The summed E-state index contributed by atoms with van der Waals surface area (Å²) in [6.07, 6.45) is 13.7. The lowest BCUT2D eigenvalue weighted by molar-refractivity contribution is 0.276. The molecule has 0 amide bonds.